The van der Waals surface area contributed by atoms with Gasteiger partial charge in [0.1, 0.15) is 11.3 Å². The molecule has 2 aromatic heterocycles. The lowest BCUT2D eigenvalue weighted by Crippen LogP contribution is -2.09. The number of carbonyl (C=O) groups excluding carboxylic acids is 1. The summed E-state index contributed by atoms with van der Waals surface area (Å²) in [5.41, 5.74) is 3.28. The molecule has 0 spiro atoms. The number of benzene rings is 2. The van der Waals surface area contributed by atoms with Crippen LogP contribution >= 0.6 is 0 Å². The van der Waals surface area contributed by atoms with E-state index in [0.717, 1.165) is 18.4 Å². The Morgan fingerprint density at radius 3 is 2.47 bits per heavy atom. The average molecular weight is 398 g/mol. The summed E-state index contributed by atoms with van der Waals surface area (Å²) in [7, 11) is 0. The van der Waals surface area contributed by atoms with E-state index in [-0.39, 0.29) is 22.9 Å². The van der Waals surface area contributed by atoms with E-state index in [2.05, 4.69) is 4.98 Å². The normalized spacial score (nSPS) is 13.5. The summed E-state index contributed by atoms with van der Waals surface area (Å²) in [4.78, 5) is 29.3. The van der Waals surface area contributed by atoms with Gasteiger partial charge in [0.15, 0.2) is 5.82 Å². The topological polar surface area (TPSA) is 91.9 Å². The molecule has 4 aromatic rings. The largest absolute Gasteiger partial charge is 0.507 e. The second kappa shape index (κ2) is 6.84. The van der Waals surface area contributed by atoms with E-state index in [1.807, 2.05) is 42.5 Å². The molecule has 0 aliphatic heterocycles. The molecule has 30 heavy (non-hydrogen) atoms. The summed E-state index contributed by atoms with van der Waals surface area (Å²) >= 11 is 0. The number of hydrogen-bond acceptors (Lipinski definition) is 4. The van der Waals surface area contributed by atoms with Crippen LogP contribution in [0, 0.1) is 0 Å². The first kappa shape index (κ1) is 18.1. The van der Waals surface area contributed by atoms with E-state index in [4.69, 9.17) is 5.11 Å². The Labute approximate surface area is 172 Å². The maximum atomic E-state index is 13.5. The molecule has 1 saturated carbocycles. The number of phenols is 1. The van der Waals surface area contributed by atoms with Crippen molar-refractivity contribution in [3.8, 4) is 17.0 Å². The Kier molecular flexibility index (Phi) is 4.13. The molecule has 6 nitrogen and oxygen atoms in total. The highest BCUT2D eigenvalue weighted by atomic mass is 16.4. The van der Waals surface area contributed by atoms with Gasteiger partial charge in [0.2, 0.25) is 5.78 Å². The summed E-state index contributed by atoms with van der Waals surface area (Å²) in [6.07, 6.45) is 3.96. The lowest BCUT2D eigenvalue weighted by molar-refractivity contribution is 0.0693. The van der Waals surface area contributed by atoms with E-state index < -0.39 is 5.97 Å². The van der Waals surface area contributed by atoms with Gasteiger partial charge in [0.25, 0.3) is 0 Å². The molecule has 2 aromatic carbocycles. The van der Waals surface area contributed by atoms with Crippen LogP contribution < -0.4 is 0 Å². The van der Waals surface area contributed by atoms with Gasteiger partial charge in [-0.1, -0.05) is 36.4 Å². The number of nitrogens with zero attached hydrogens (tertiary/aromatic N) is 2. The number of pyridine rings is 1. The van der Waals surface area contributed by atoms with E-state index in [9.17, 15) is 14.7 Å². The molecule has 2 N–H and O–H groups in total. The van der Waals surface area contributed by atoms with Crippen molar-refractivity contribution < 1.29 is 19.8 Å². The van der Waals surface area contributed by atoms with Crippen molar-refractivity contribution in [3.05, 3.63) is 89.4 Å². The fourth-order valence-corrected chi connectivity index (χ4v) is 3.84. The molecule has 0 amide bonds. The Morgan fingerprint density at radius 1 is 0.967 bits per heavy atom. The Balaban J connectivity index is 1.66. The molecule has 0 saturated heterocycles. The Hall–Kier alpha value is -3.93. The Morgan fingerprint density at radius 2 is 1.73 bits per heavy atom. The maximum absolute atomic E-state index is 13.5. The van der Waals surface area contributed by atoms with Crippen LogP contribution in [0.4, 0.5) is 0 Å². The predicted octanol–water partition coefficient (Wildman–Crippen LogP) is 4.51. The molecule has 1 aliphatic carbocycles. The van der Waals surface area contributed by atoms with Gasteiger partial charge in [0.05, 0.1) is 11.2 Å². The molecule has 2 heterocycles. The highest BCUT2D eigenvalue weighted by molar-refractivity contribution is 6.09. The molecule has 1 fully saturated rings. The molecule has 5 rings (SSSR count). The van der Waals surface area contributed by atoms with E-state index in [0.29, 0.717) is 28.3 Å². The molecular formula is C24H18N2O4. The van der Waals surface area contributed by atoms with Crippen molar-refractivity contribution in [3.63, 3.8) is 0 Å². The molecular weight excluding hydrogens is 380 g/mol. The number of fused-ring (bicyclic) bond motifs is 1. The minimum Gasteiger partial charge on any atom is -0.507 e. The number of carbonyl (C=O) groups is 2. The third-order valence-corrected chi connectivity index (χ3v) is 5.48. The van der Waals surface area contributed by atoms with Crippen molar-refractivity contribution in [2.24, 2.45) is 0 Å². The number of carboxylic acid groups (broad SMARTS) is 1. The monoisotopic (exact) mass is 398 g/mol. The highest BCUT2D eigenvalue weighted by Crippen LogP contribution is 2.42. The zero-order valence-electron chi connectivity index (χ0n) is 15.9. The van der Waals surface area contributed by atoms with Crippen molar-refractivity contribution in [1.82, 2.24) is 9.38 Å². The first-order chi connectivity index (χ1) is 14.5. The summed E-state index contributed by atoms with van der Waals surface area (Å²) in [6.45, 7) is 0. The van der Waals surface area contributed by atoms with Crippen LogP contribution in [-0.4, -0.2) is 31.4 Å². The van der Waals surface area contributed by atoms with Crippen molar-refractivity contribution >= 4 is 17.3 Å². The van der Waals surface area contributed by atoms with Gasteiger partial charge in [-0.3, -0.25) is 9.20 Å². The standard InChI is InChI=1S/C24H18N2O4/c27-20-13-15(10-11-18(20)24(29)30)21-19-7-3-4-12-26(19)23(25-21)22(28)17-6-2-1-5-16(17)14-8-9-14/h1-7,10-14,27H,8-9H2,(H,29,30). The van der Waals surface area contributed by atoms with Crippen LogP contribution in [0.1, 0.15) is 50.9 Å². The fourth-order valence-electron chi connectivity index (χ4n) is 3.84. The molecule has 0 atom stereocenters. The molecule has 148 valence electrons. The number of aromatic carboxylic acids is 1. The van der Waals surface area contributed by atoms with Crippen LogP contribution in [0.5, 0.6) is 5.75 Å². The van der Waals surface area contributed by atoms with Gasteiger partial charge >= 0.3 is 5.97 Å². The smallest absolute Gasteiger partial charge is 0.339 e. The number of aromatic hydroxyl groups is 1. The molecule has 6 heteroatoms. The number of hydrogen-bond donors (Lipinski definition) is 2. The SMILES string of the molecule is O=C(O)c1ccc(-c2nc(C(=O)c3ccccc3C3CC3)n3ccccc23)cc1O. The molecule has 0 radical (unpaired) electrons. The van der Waals surface area contributed by atoms with E-state index >= 15 is 0 Å². The van der Waals surface area contributed by atoms with Crippen LogP contribution in [0.2, 0.25) is 0 Å². The lowest BCUT2D eigenvalue weighted by atomic mass is 9.99. The third kappa shape index (κ3) is 2.93. The molecule has 0 bridgehead atoms. The molecule has 0 unspecified atom stereocenters. The lowest BCUT2D eigenvalue weighted by Gasteiger charge is -2.06. The summed E-state index contributed by atoms with van der Waals surface area (Å²) in [5.74, 6) is -0.992. The van der Waals surface area contributed by atoms with Gasteiger partial charge in [-0.2, -0.15) is 0 Å². The summed E-state index contributed by atoms with van der Waals surface area (Å²) in [6, 6.07) is 17.5. The number of aromatic nitrogens is 2. The van der Waals surface area contributed by atoms with Crippen LogP contribution in [-0.2, 0) is 0 Å². The summed E-state index contributed by atoms with van der Waals surface area (Å²) < 4.78 is 1.74. The minimum absolute atomic E-state index is 0.156. The quantitative estimate of drug-likeness (QED) is 0.483. The van der Waals surface area contributed by atoms with Gasteiger partial charge in [0, 0.05) is 17.3 Å². The van der Waals surface area contributed by atoms with Gasteiger partial charge in [-0.15, -0.1) is 0 Å². The van der Waals surface area contributed by atoms with Crippen molar-refractivity contribution in [2.75, 3.05) is 0 Å². The first-order valence-corrected chi connectivity index (χ1v) is 9.72. The zero-order chi connectivity index (χ0) is 20.8. The summed E-state index contributed by atoms with van der Waals surface area (Å²) in [5, 5.41) is 19.3. The van der Waals surface area contributed by atoms with E-state index in [1.165, 1.54) is 12.1 Å². The second-order valence-electron chi connectivity index (χ2n) is 7.47. The fraction of sp³-hybridized carbons (Fsp3) is 0.125. The maximum Gasteiger partial charge on any atom is 0.339 e. The number of carboxylic acids is 1. The number of rotatable bonds is 5. The van der Waals surface area contributed by atoms with Crippen LogP contribution in [0.3, 0.4) is 0 Å². The minimum atomic E-state index is -1.21. The number of ketones is 1. The third-order valence-electron chi connectivity index (χ3n) is 5.48. The van der Waals surface area contributed by atoms with Crippen LogP contribution in [0.15, 0.2) is 66.9 Å². The number of imidazole rings is 1. The van der Waals surface area contributed by atoms with Crippen molar-refractivity contribution in [2.45, 2.75) is 18.8 Å². The first-order valence-electron chi connectivity index (χ1n) is 9.72. The Bertz CT molecular complexity index is 1320. The van der Waals surface area contributed by atoms with Gasteiger partial charge in [-0.25, -0.2) is 9.78 Å². The second-order valence-corrected chi connectivity index (χ2v) is 7.47. The predicted molar refractivity (Wildman–Crippen MR) is 111 cm³/mol. The van der Waals surface area contributed by atoms with Crippen molar-refractivity contribution in [1.29, 1.82) is 0 Å². The van der Waals surface area contributed by atoms with E-state index in [1.54, 1.807) is 16.7 Å². The highest BCUT2D eigenvalue weighted by Gasteiger charge is 2.29. The van der Waals surface area contributed by atoms with Gasteiger partial charge < -0.3 is 10.2 Å². The average Bonchev–Trinajstić information content (AvgIpc) is 3.53. The van der Waals surface area contributed by atoms with Gasteiger partial charge in [-0.05, 0) is 48.6 Å². The zero-order valence-corrected chi connectivity index (χ0v) is 15.9. The van der Waals surface area contributed by atoms with Crippen LogP contribution in [0.25, 0.3) is 16.8 Å². The molecule has 1 aliphatic rings.